The highest BCUT2D eigenvalue weighted by Crippen LogP contribution is 2.98. The first-order valence-corrected chi connectivity index (χ1v) is 9.51. The monoisotopic (exact) mass is 344 g/mol. The summed E-state index contributed by atoms with van der Waals surface area (Å²) < 4.78 is 11.4. The standard InChI is InChI=1S/C20H24O5/c1-9-10-4-7-19-13(9)18(19,8-10)12(15(22)24-3)14-17(2)6-5-11(21)20(14,19)25-16(17)23/h10-14,21H,1,4-8H2,2-3H3. The Balaban J connectivity index is 1.66. The molecule has 1 aliphatic heterocycles. The van der Waals surface area contributed by atoms with Gasteiger partial charge in [-0.1, -0.05) is 12.2 Å². The van der Waals surface area contributed by atoms with Crippen LogP contribution >= 0.6 is 0 Å². The second-order valence-corrected chi connectivity index (χ2v) is 9.59. The van der Waals surface area contributed by atoms with Crippen LogP contribution in [-0.2, 0) is 19.1 Å². The van der Waals surface area contributed by atoms with E-state index in [-0.39, 0.29) is 40.5 Å². The maximum absolute atomic E-state index is 13.0. The maximum atomic E-state index is 13.0. The molecule has 9 unspecified atom stereocenters. The molecule has 0 aromatic rings. The highest BCUT2D eigenvalue weighted by molar-refractivity contribution is 5.87. The molecule has 0 aromatic heterocycles. The lowest BCUT2D eigenvalue weighted by Gasteiger charge is -2.49. The number of hydrogen-bond donors (Lipinski definition) is 1. The molecule has 9 atom stereocenters. The smallest absolute Gasteiger partial charge is 0.312 e. The Morgan fingerprint density at radius 1 is 1.36 bits per heavy atom. The molecule has 2 spiro atoms. The van der Waals surface area contributed by atoms with Crippen molar-refractivity contribution in [2.75, 3.05) is 7.11 Å². The summed E-state index contributed by atoms with van der Waals surface area (Å²) in [6.07, 6.45) is 3.33. The van der Waals surface area contributed by atoms with Gasteiger partial charge in [0, 0.05) is 16.7 Å². The highest BCUT2D eigenvalue weighted by Gasteiger charge is 3.01. The average molecular weight is 344 g/mol. The molecule has 6 aliphatic carbocycles. The third kappa shape index (κ3) is 1.03. The fourth-order valence-corrected chi connectivity index (χ4v) is 8.95. The van der Waals surface area contributed by atoms with Gasteiger partial charge in [-0.3, -0.25) is 9.59 Å². The molecule has 0 amide bonds. The number of aliphatic hydroxyl groups is 1. The number of hydrogen-bond acceptors (Lipinski definition) is 5. The van der Waals surface area contributed by atoms with Gasteiger partial charge >= 0.3 is 11.9 Å². The molecule has 1 heterocycles. The molecule has 0 aromatic carbocycles. The van der Waals surface area contributed by atoms with Crippen LogP contribution in [0.5, 0.6) is 0 Å². The lowest BCUT2D eigenvalue weighted by molar-refractivity contribution is -0.184. The number of fused-ring (bicyclic) bond motifs is 1. The zero-order valence-corrected chi connectivity index (χ0v) is 14.7. The van der Waals surface area contributed by atoms with Crippen molar-refractivity contribution in [3.05, 3.63) is 12.2 Å². The van der Waals surface area contributed by atoms with Crippen LogP contribution in [0.1, 0.15) is 39.0 Å². The Kier molecular flexibility index (Phi) is 2.18. The molecule has 0 radical (unpaired) electrons. The van der Waals surface area contributed by atoms with E-state index in [0.717, 1.165) is 19.3 Å². The van der Waals surface area contributed by atoms with Gasteiger partial charge in [-0.15, -0.1) is 0 Å². The molecule has 6 bridgehead atoms. The Hall–Kier alpha value is -1.36. The van der Waals surface area contributed by atoms with Crippen LogP contribution in [0.3, 0.4) is 0 Å². The molecule has 1 saturated heterocycles. The van der Waals surface area contributed by atoms with Crippen LogP contribution in [-0.4, -0.2) is 35.9 Å². The van der Waals surface area contributed by atoms with E-state index in [1.54, 1.807) is 0 Å². The van der Waals surface area contributed by atoms with Gasteiger partial charge in [0.05, 0.1) is 24.5 Å². The first-order chi connectivity index (χ1) is 11.8. The van der Waals surface area contributed by atoms with Crippen molar-refractivity contribution in [1.82, 2.24) is 0 Å². The van der Waals surface area contributed by atoms with Gasteiger partial charge in [-0.05, 0) is 50.9 Å². The quantitative estimate of drug-likeness (QED) is 0.580. The Labute approximate surface area is 146 Å². The largest absolute Gasteiger partial charge is 0.469 e. The van der Waals surface area contributed by atoms with Gasteiger partial charge in [-0.2, -0.15) is 0 Å². The Morgan fingerprint density at radius 2 is 2.12 bits per heavy atom. The first kappa shape index (κ1) is 14.8. The molecule has 25 heavy (non-hydrogen) atoms. The van der Waals surface area contributed by atoms with Crippen molar-refractivity contribution in [2.45, 2.75) is 50.7 Å². The summed E-state index contributed by atoms with van der Waals surface area (Å²) in [6.45, 7) is 6.29. The van der Waals surface area contributed by atoms with E-state index in [9.17, 15) is 14.7 Å². The molecular formula is C20H24O5. The van der Waals surface area contributed by atoms with Gasteiger partial charge < -0.3 is 14.6 Å². The number of methoxy groups -OCH3 is 1. The molecule has 5 nitrogen and oxygen atoms in total. The summed E-state index contributed by atoms with van der Waals surface area (Å²) in [5.74, 6) is -0.435. The summed E-state index contributed by atoms with van der Waals surface area (Å²) in [5.41, 5.74) is -0.910. The zero-order valence-electron chi connectivity index (χ0n) is 14.7. The van der Waals surface area contributed by atoms with E-state index >= 15 is 0 Å². The molecule has 7 aliphatic rings. The van der Waals surface area contributed by atoms with Crippen molar-refractivity contribution >= 4 is 11.9 Å². The van der Waals surface area contributed by atoms with Crippen molar-refractivity contribution < 1.29 is 24.2 Å². The van der Waals surface area contributed by atoms with Gasteiger partial charge in [0.25, 0.3) is 0 Å². The van der Waals surface area contributed by atoms with E-state index in [2.05, 4.69) is 6.58 Å². The lowest BCUT2D eigenvalue weighted by Crippen LogP contribution is -2.59. The predicted octanol–water partition coefficient (Wildman–Crippen LogP) is 1.83. The van der Waals surface area contributed by atoms with E-state index in [4.69, 9.17) is 9.47 Å². The number of ether oxygens (including phenoxy) is 2. The Bertz CT molecular complexity index is 774. The van der Waals surface area contributed by atoms with Crippen LogP contribution in [0.15, 0.2) is 12.2 Å². The lowest BCUT2D eigenvalue weighted by atomic mass is 9.54. The molecule has 6 saturated carbocycles. The number of carbonyl (C=O) groups excluding carboxylic acids is 2. The first-order valence-electron chi connectivity index (χ1n) is 9.51. The normalized spacial score (nSPS) is 62.3. The van der Waals surface area contributed by atoms with E-state index < -0.39 is 17.1 Å². The number of esters is 2. The van der Waals surface area contributed by atoms with E-state index in [1.807, 2.05) is 6.92 Å². The molecular weight excluding hydrogens is 320 g/mol. The summed E-state index contributed by atoms with van der Waals surface area (Å²) in [5, 5.41) is 11.2. The van der Waals surface area contributed by atoms with Crippen LogP contribution in [0, 0.1) is 39.9 Å². The molecule has 7 fully saturated rings. The van der Waals surface area contributed by atoms with Gasteiger partial charge in [0.15, 0.2) is 0 Å². The molecule has 5 heteroatoms. The second-order valence-electron chi connectivity index (χ2n) is 9.59. The average Bonchev–Trinajstić information content (AvgIpc) is 2.96. The number of aliphatic hydroxyl groups excluding tert-OH is 1. The minimum atomic E-state index is -0.922. The predicted molar refractivity (Wildman–Crippen MR) is 86.0 cm³/mol. The second kappa shape index (κ2) is 3.68. The molecule has 7 rings (SSSR count). The van der Waals surface area contributed by atoms with Crippen LogP contribution < -0.4 is 0 Å². The maximum Gasteiger partial charge on any atom is 0.312 e. The van der Waals surface area contributed by atoms with Crippen LogP contribution in [0.4, 0.5) is 0 Å². The van der Waals surface area contributed by atoms with Gasteiger partial charge in [-0.25, -0.2) is 0 Å². The molecule has 134 valence electrons. The topological polar surface area (TPSA) is 72.8 Å². The van der Waals surface area contributed by atoms with Crippen molar-refractivity contribution in [3.63, 3.8) is 0 Å². The fourth-order valence-electron chi connectivity index (χ4n) is 8.95. The fraction of sp³-hybridized carbons (Fsp3) is 0.800. The third-order valence-electron chi connectivity index (χ3n) is 9.47. The highest BCUT2D eigenvalue weighted by atomic mass is 16.6. The minimum Gasteiger partial charge on any atom is -0.469 e. The SMILES string of the molecule is C=C1C2CCC34C1C3(C2)C(C(=O)OC)C1C2(C)CCC(O)C14OC2=O. The van der Waals surface area contributed by atoms with Crippen LogP contribution in [0.2, 0.25) is 0 Å². The number of allylic oxidation sites excluding steroid dienone is 1. The third-order valence-corrected chi connectivity index (χ3v) is 9.47. The van der Waals surface area contributed by atoms with E-state index in [0.29, 0.717) is 18.8 Å². The summed E-state index contributed by atoms with van der Waals surface area (Å²) in [4.78, 5) is 25.9. The van der Waals surface area contributed by atoms with Crippen molar-refractivity contribution in [1.29, 1.82) is 0 Å². The summed E-state index contributed by atoms with van der Waals surface area (Å²) in [6, 6.07) is 0. The summed E-state index contributed by atoms with van der Waals surface area (Å²) >= 11 is 0. The number of carbonyl (C=O) groups is 2. The van der Waals surface area contributed by atoms with Crippen molar-refractivity contribution in [3.8, 4) is 0 Å². The van der Waals surface area contributed by atoms with Crippen molar-refractivity contribution in [2.24, 2.45) is 39.9 Å². The zero-order chi connectivity index (χ0) is 17.6. The summed E-state index contributed by atoms with van der Waals surface area (Å²) in [7, 11) is 1.43. The Morgan fingerprint density at radius 3 is 2.84 bits per heavy atom. The van der Waals surface area contributed by atoms with Gasteiger partial charge in [0.1, 0.15) is 5.60 Å². The minimum absolute atomic E-state index is 0.196. The van der Waals surface area contributed by atoms with E-state index in [1.165, 1.54) is 12.7 Å². The number of rotatable bonds is 1. The van der Waals surface area contributed by atoms with Crippen LogP contribution in [0.25, 0.3) is 0 Å². The van der Waals surface area contributed by atoms with Gasteiger partial charge in [0.2, 0.25) is 0 Å². The molecule has 1 N–H and O–H groups in total.